The average Bonchev–Trinajstić information content (AvgIpc) is 1.32. The first kappa shape index (κ1) is 72.1. The molecule has 0 amide bonds. The molecule has 0 radical (unpaired) electrons. The van der Waals surface area contributed by atoms with Crippen molar-refractivity contribution in [1.29, 1.82) is 0 Å². The van der Waals surface area contributed by atoms with E-state index in [4.69, 9.17) is 19.9 Å². The van der Waals surface area contributed by atoms with Gasteiger partial charge in [0.1, 0.15) is 11.6 Å². The predicted molar refractivity (Wildman–Crippen MR) is 531 cm³/mol. The zero-order valence-corrected chi connectivity index (χ0v) is 68.4. The van der Waals surface area contributed by atoms with Crippen LogP contribution in [0.4, 0.5) is 0 Å². The van der Waals surface area contributed by atoms with Crippen molar-refractivity contribution >= 4 is 152 Å². The lowest BCUT2D eigenvalue weighted by molar-refractivity contribution is 1.10. The van der Waals surface area contributed by atoms with Crippen LogP contribution >= 0.6 is 0 Å². The van der Waals surface area contributed by atoms with Gasteiger partial charge in [-0.2, -0.15) is 0 Å². The molecule has 22 aromatic carbocycles. The van der Waals surface area contributed by atoms with Crippen molar-refractivity contribution in [1.82, 2.24) is 29.1 Å². The highest BCUT2D eigenvalue weighted by Crippen LogP contribution is 2.49. The lowest BCUT2D eigenvalue weighted by Crippen LogP contribution is -1.98. The molecule has 126 heavy (non-hydrogen) atoms. The highest BCUT2D eigenvalue weighted by molar-refractivity contribution is 6.25. The average molecular weight is 1600 g/mol. The second-order valence-electron chi connectivity index (χ2n) is 33.0. The number of rotatable bonds is 10. The molecule has 26 rings (SSSR count). The summed E-state index contributed by atoms with van der Waals surface area (Å²) in [7, 11) is 0. The summed E-state index contributed by atoms with van der Waals surface area (Å²) in [5, 5.41) is 26.4. The number of benzene rings is 22. The van der Waals surface area contributed by atoms with Crippen LogP contribution < -0.4 is 0 Å². The van der Waals surface area contributed by atoms with E-state index in [2.05, 4.69) is 458 Å². The van der Waals surface area contributed by atoms with E-state index in [1.807, 2.05) is 0 Å². The van der Waals surface area contributed by atoms with Crippen molar-refractivity contribution in [3.8, 4) is 101 Å². The molecule has 0 aliphatic heterocycles. The van der Waals surface area contributed by atoms with Gasteiger partial charge in [-0.1, -0.05) is 352 Å². The van der Waals surface area contributed by atoms with E-state index < -0.39 is 0 Å². The molecule has 6 heteroatoms. The molecule has 0 unspecified atom stereocenters. The van der Waals surface area contributed by atoms with Crippen LogP contribution in [-0.4, -0.2) is 29.1 Å². The Morgan fingerprint density at radius 1 is 0.151 bits per heavy atom. The zero-order chi connectivity index (χ0) is 82.9. The molecule has 4 heterocycles. The van der Waals surface area contributed by atoms with Crippen molar-refractivity contribution < 1.29 is 0 Å². The van der Waals surface area contributed by atoms with Crippen LogP contribution in [0.25, 0.3) is 253 Å². The quantitative estimate of drug-likeness (QED) is 0.128. The predicted octanol–water partition coefficient (Wildman–Crippen LogP) is 32.0. The number of imidazole rings is 2. The minimum Gasteiger partial charge on any atom is -0.292 e. The van der Waals surface area contributed by atoms with Gasteiger partial charge >= 0.3 is 0 Å². The first-order valence-electron chi connectivity index (χ1n) is 43.1. The highest BCUT2D eigenvalue weighted by Gasteiger charge is 2.26. The van der Waals surface area contributed by atoms with Gasteiger partial charge in [0.25, 0.3) is 0 Å². The summed E-state index contributed by atoms with van der Waals surface area (Å²) in [6.07, 6.45) is 0. The molecule has 0 N–H and O–H groups in total. The zero-order valence-electron chi connectivity index (χ0n) is 68.4. The first-order valence-corrected chi connectivity index (χ1v) is 43.1. The second-order valence-corrected chi connectivity index (χ2v) is 33.0. The largest absolute Gasteiger partial charge is 0.292 e. The number of aromatic nitrogens is 6. The minimum atomic E-state index is 0.917. The van der Waals surface area contributed by atoms with Crippen molar-refractivity contribution in [3.63, 3.8) is 0 Å². The van der Waals surface area contributed by atoms with Gasteiger partial charge in [0.15, 0.2) is 0 Å². The molecule has 0 aliphatic rings. The lowest BCUT2D eigenvalue weighted by Gasteiger charge is -2.19. The van der Waals surface area contributed by atoms with E-state index in [1.54, 1.807) is 0 Å². The molecule has 0 spiro atoms. The molecule has 4 aromatic heterocycles. The monoisotopic (exact) mass is 1600 g/mol. The fourth-order valence-corrected chi connectivity index (χ4v) is 20.1. The van der Waals surface area contributed by atoms with Crippen LogP contribution in [-0.2, 0) is 0 Å². The normalized spacial score (nSPS) is 11.8. The third-order valence-electron chi connectivity index (χ3n) is 25.9. The lowest BCUT2D eigenvalue weighted by atomic mass is 9.87. The summed E-state index contributed by atoms with van der Waals surface area (Å²) in [6.45, 7) is 0. The van der Waals surface area contributed by atoms with Crippen molar-refractivity contribution in [2.24, 2.45) is 0 Å². The Kier molecular flexibility index (Phi) is 16.9. The highest BCUT2D eigenvalue weighted by atomic mass is 15.1. The standard InChI is InChI=1S/2C60H37N3/c1-3-17-38(18-4-1)60-62-57-35-41(31-32-58(57)63(60)42-21-5-2-6-22-42)51-36-55-53(52-33-39-19-7-9-23-43(39)45-25-11-13-27-47(45)52)37-56(61-59(55)50-30-16-15-29-49(50)51)54-34-40-20-8-10-24-44(40)46-26-12-14-28-48(46)54;1-2-16-39(17-3-1)60-62-56-28-14-15-29-58(56)63(60)42-32-30-38(31-33-42)51-36-55-53(52-34-40-18-4-6-20-43(40)45-22-8-10-24-47(45)52)37-57(61-59(55)50-27-13-12-26-49(50)51)54-35-41-19-5-7-21-44(41)46-23-9-11-25-48(46)54/h2*1-37H. The number of hydrogen-bond acceptors (Lipinski definition) is 4. The van der Waals surface area contributed by atoms with Gasteiger partial charge in [-0.05, 0) is 239 Å². The molecule has 0 bridgehead atoms. The summed E-state index contributed by atoms with van der Waals surface area (Å²) in [6, 6.07) is 162. The van der Waals surface area contributed by atoms with Crippen LogP contribution in [0.15, 0.2) is 449 Å². The number of fused-ring (bicyclic) bond motifs is 20. The summed E-state index contributed by atoms with van der Waals surface area (Å²) >= 11 is 0. The van der Waals surface area contributed by atoms with Gasteiger partial charge in [-0.3, -0.25) is 9.13 Å². The van der Waals surface area contributed by atoms with Crippen LogP contribution in [0.3, 0.4) is 0 Å². The Hall–Kier alpha value is -16.8. The van der Waals surface area contributed by atoms with Crippen LogP contribution in [0.2, 0.25) is 0 Å². The van der Waals surface area contributed by atoms with Crippen LogP contribution in [0.1, 0.15) is 0 Å². The second kappa shape index (κ2) is 29.5. The fourth-order valence-electron chi connectivity index (χ4n) is 20.1. The van der Waals surface area contributed by atoms with Gasteiger partial charge in [0.2, 0.25) is 0 Å². The molecular formula is C120H74N6. The molecule has 0 saturated carbocycles. The van der Waals surface area contributed by atoms with E-state index in [0.29, 0.717) is 0 Å². The maximum absolute atomic E-state index is 5.71. The number of pyridine rings is 2. The summed E-state index contributed by atoms with van der Waals surface area (Å²) in [4.78, 5) is 21.9. The molecule has 0 fully saturated rings. The van der Waals surface area contributed by atoms with Gasteiger partial charge < -0.3 is 0 Å². The Bertz CT molecular complexity index is 8960. The smallest absolute Gasteiger partial charge is 0.145 e. The Labute approximate surface area is 725 Å². The first-order chi connectivity index (χ1) is 62.5. The topological polar surface area (TPSA) is 61.4 Å². The molecule has 0 saturated heterocycles. The third-order valence-corrected chi connectivity index (χ3v) is 25.9. The maximum Gasteiger partial charge on any atom is 0.145 e. The maximum atomic E-state index is 5.71. The third kappa shape index (κ3) is 11.9. The van der Waals surface area contributed by atoms with Gasteiger partial charge in [-0.15, -0.1) is 0 Å². The van der Waals surface area contributed by atoms with Crippen molar-refractivity contribution in [2.45, 2.75) is 0 Å². The van der Waals surface area contributed by atoms with Crippen molar-refractivity contribution in [3.05, 3.63) is 449 Å². The van der Waals surface area contributed by atoms with E-state index in [-0.39, 0.29) is 0 Å². The Balaban J connectivity index is 0.000000137. The summed E-state index contributed by atoms with van der Waals surface area (Å²) in [5.41, 5.74) is 23.7. The number of nitrogens with zero attached hydrogens (tertiary/aromatic N) is 6. The van der Waals surface area contributed by atoms with Gasteiger partial charge in [0.05, 0.1) is 44.5 Å². The van der Waals surface area contributed by atoms with Crippen LogP contribution in [0, 0.1) is 0 Å². The van der Waals surface area contributed by atoms with E-state index in [9.17, 15) is 0 Å². The Morgan fingerprint density at radius 3 is 0.873 bits per heavy atom. The van der Waals surface area contributed by atoms with Gasteiger partial charge in [-0.25, -0.2) is 19.9 Å². The molecule has 6 nitrogen and oxygen atoms in total. The molecular weight excluding hydrogens is 1530 g/mol. The number of para-hydroxylation sites is 3. The molecule has 0 aliphatic carbocycles. The van der Waals surface area contributed by atoms with E-state index >= 15 is 0 Å². The van der Waals surface area contributed by atoms with Crippen molar-refractivity contribution in [2.75, 3.05) is 0 Å². The number of hydrogen-bond donors (Lipinski definition) is 0. The van der Waals surface area contributed by atoms with Gasteiger partial charge in [0, 0.05) is 55.2 Å². The van der Waals surface area contributed by atoms with E-state index in [1.165, 1.54) is 103 Å². The molecule has 0 atom stereocenters. The summed E-state index contributed by atoms with van der Waals surface area (Å²) < 4.78 is 4.55. The fraction of sp³-hybridized carbons (Fsp3) is 0. The van der Waals surface area contributed by atoms with Crippen LogP contribution in [0.5, 0.6) is 0 Å². The molecule has 26 aromatic rings. The Morgan fingerprint density at radius 2 is 0.444 bits per heavy atom. The molecule has 584 valence electrons. The van der Waals surface area contributed by atoms with E-state index in [0.717, 1.165) is 150 Å². The SMILES string of the molecule is c1ccc(-c2nc3cc(-c4cc5c(-c6cc7ccccc7c7ccccc67)cc(-c6cc7ccccc7c7ccccc67)nc5c5ccccc45)ccc3n2-c2ccccc2)cc1.c1ccc(-c2nc3ccccc3n2-c2ccc(-c3cc4c(-c5cc6ccccc6c6ccccc56)cc(-c5cc6ccccc6c6ccccc56)nc4c4ccccc34)cc2)cc1. The minimum absolute atomic E-state index is 0.917. The summed E-state index contributed by atoms with van der Waals surface area (Å²) in [5.74, 6) is 1.84.